The maximum atomic E-state index is 12.4. The molecule has 2 heterocycles. The molecule has 0 aliphatic carbocycles. The Labute approximate surface area is 116 Å². The molecule has 8 heteroatoms. The molecule has 0 spiro atoms. The van der Waals surface area contributed by atoms with Crippen LogP contribution >= 0.6 is 0 Å². The fourth-order valence-electron chi connectivity index (χ4n) is 2.18. The van der Waals surface area contributed by atoms with Gasteiger partial charge in [-0.15, -0.1) is 0 Å². The van der Waals surface area contributed by atoms with Gasteiger partial charge in [-0.25, -0.2) is 8.42 Å². The first-order chi connectivity index (χ1) is 9.56. The van der Waals surface area contributed by atoms with Crippen LogP contribution in [0.5, 0.6) is 5.75 Å². The van der Waals surface area contributed by atoms with E-state index < -0.39 is 10.0 Å². The summed E-state index contributed by atoms with van der Waals surface area (Å²) in [5.74, 6) is 0.675. The van der Waals surface area contributed by atoms with Gasteiger partial charge in [-0.2, -0.15) is 5.10 Å². The van der Waals surface area contributed by atoms with Crippen LogP contribution in [0.2, 0.25) is 0 Å². The average molecular weight is 294 g/mol. The van der Waals surface area contributed by atoms with E-state index in [4.69, 9.17) is 10.5 Å². The van der Waals surface area contributed by atoms with Gasteiger partial charge in [0.2, 0.25) is 0 Å². The Balaban J connectivity index is 2.07. The molecule has 0 saturated heterocycles. The Morgan fingerprint density at radius 3 is 3.00 bits per heavy atom. The van der Waals surface area contributed by atoms with E-state index in [9.17, 15) is 8.42 Å². The predicted octanol–water partition coefficient (Wildman–Crippen LogP) is 1.12. The monoisotopic (exact) mass is 294 g/mol. The minimum absolute atomic E-state index is 0.0572. The molecule has 0 radical (unpaired) electrons. The van der Waals surface area contributed by atoms with E-state index in [1.807, 2.05) is 0 Å². The Kier molecular flexibility index (Phi) is 3.01. The second-order valence-corrected chi connectivity index (χ2v) is 6.19. The number of sulfonamides is 1. The summed E-state index contributed by atoms with van der Waals surface area (Å²) in [7, 11) is -3.77. The zero-order valence-corrected chi connectivity index (χ0v) is 11.4. The molecule has 0 unspecified atom stereocenters. The van der Waals surface area contributed by atoms with E-state index in [1.165, 1.54) is 18.3 Å². The van der Waals surface area contributed by atoms with Crippen molar-refractivity contribution in [2.75, 3.05) is 17.1 Å². The lowest BCUT2D eigenvalue weighted by atomic mass is 10.1. The van der Waals surface area contributed by atoms with Gasteiger partial charge < -0.3 is 10.5 Å². The molecule has 3 rings (SSSR count). The number of nitrogen functional groups attached to an aromatic ring is 1. The third-order valence-corrected chi connectivity index (χ3v) is 4.40. The van der Waals surface area contributed by atoms with Gasteiger partial charge in [0.25, 0.3) is 10.0 Å². The van der Waals surface area contributed by atoms with E-state index in [0.29, 0.717) is 18.0 Å². The maximum Gasteiger partial charge on any atom is 0.266 e. The van der Waals surface area contributed by atoms with Crippen molar-refractivity contribution >= 4 is 21.5 Å². The molecule has 7 nitrogen and oxygen atoms in total. The number of aromatic amines is 1. The van der Waals surface area contributed by atoms with Crippen molar-refractivity contribution in [3.05, 3.63) is 30.0 Å². The van der Waals surface area contributed by atoms with Crippen molar-refractivity contribution in [3.8, 4) is 5.75 Å². The van der Waals surface area contributed by atoms with E-state index in [0.717, 1.165) is 18.4 Å². The third kappa shape index (κ3) is 2.29. The summed E-state index contributed by atoms with van der Waals surface area (Å²) in [6, 6.07) is 4.68. The highest BCUT2D eigenvalue weighted by atomic mass is 32.2. The first kappa shape index (κ1) is 12.8. The molecular weight excluding hydrogens is 280 g/mol. The molecule has 0 amide bonds. The molecule has 1 aliphatic rings. The SMILES string of the molecule is Nc1cc2c(c(S(=O)(=O)Nc3ccn[nH]3)c1)OCCC2. The first-order valence-electron chi connectivity index (χ1n) is 6.14. The van der Waals surface area contributed by atoms with Crippen LogP contribution < -0.4 is 15.2 Å². The van der Waals surface area contributed by atoms with Gasteiger partial charge in [-0.3, -0.25) is 9.82 Å². The fraction of sp³-hybridized carbons (Fsp3) is 0.250. The van der Waals surface area contributed by atoms with Crippen molar-refractivity contribution < 1.29 is 13.2 Å². The van der Waals surface area contributed by atoms with Crippen LogP contribution in [0.4, 0.5) is 11.5 Å². The highest BCUT2D eigenvalue weighted by molar-refractivity contribution is 7.92. The number of aromatic nitrogens is 2. The predicted molar refractivity (Wildman–Crippen MR) is 74.1 cm³/mol. The molecule has 4 N–H and O–H groups in total. The summed E-state index contributed by atoms with van der Waals surface area (Å²) in [6.45, 7) is 0.503. The Morgan fingerprint density at radius 2 is 2.25 bits per heavy atom. The van der Waals surface area contributed by atoms with E-state index >= 15 is 0 Å². The van der Waals surface area contributed by atoms with Crippen molar-refractivity contribution in [1.82, 2.24) is 10.2 Å². The smallest absolute Gasteiger partial charge is 0.266 e. The summed E-state index contributed by atoms with van der Waals surface area (Å²) in [5.41, 5.74) is 7.01. The van der Waals surface area contributed by atoms with Crippen LogP contribution in [0.25, 0.3) is 0 Å². The topological polar surface area (TPSA) is 110 Å². The van der Waals surface area contributed by atoms with Gasteiger partial charge in [0.05, 0.1) is 12.8 Å². The standard InChI is InChI=1S/C12H14N4O3S/c13-9-6-8-2-1-5-19-12(8)10(7-9)20(17,18)16-11-3-4-14-15-11/h3-4,6-7H,1-2,5,13H2,(H2,14,15,16). The van der Waals surface area contributed by atoms with Crippen LogP contribution in [0, 0.1) is 0 Å². The summed E-state index contributed by atoms with van der Waals surface area (Å²) < 4.78 is 32.8. The Bertz CT molecular complexity index is 725. The summed E-state index contributed by atoms with van der Waals surface area (Å²) in [6.07, 6.45) is 3.07. The van der Waals surface area contributed by atoms with Crippen LogP contribution in [-0.2, 0) is 16.4 Å². The molecule has 1 aromatic carbocycles. The lowest BCUT2D eigenvalue weighted by molar-refractivity contribution is 0.280. The van der Waals surface area contributed by atoms with E-state index in [2.05, 4.69) is 14.9 Å². The van der Waals surface area contributed by atoms with Crippen LogP contribution in [0.3, 0.4) is 0 Å². The molecule has 1 aliphatic heterocycles. The number of rotatable bonds is 3. The van der Waals surface area contributed by atoms with Crippen LogP contribution in [-0.4, -0.2) is 25.2 Å². The van der Waals surface area contributed by atoms with Crippen LogP contribution in [0.15, 0.2) is 29.3 Å². The van der Waals surface area contributed by atoms with Gasteiger partial charge in [-0.05, 0) is 30.5 Å². The minimum Gasteiger partial charge on any atom is -0.492 e. The number of fused-ring (bicyclic) bond motifs is 1. The maximum absolute atomic E-state index is 12.4. The Hall–Kier alpha value is -2.22. The molecule has 0 saturated carbocycles. The van der Waals surface area contributed by atoms with Gasteiger partial charge in [0, 0.05) is 11.8 Å². The molecule has 1 aromatic heterocycles. The number of aryl methyl sites for hydroxylation is 1. The number of hydrogen-bond acceptors (Lipinski definition) is 5. The lowest BCUT2D eigenvalue weighted by Crippen LogP contribution is -2.18. The number of nitrogens with zero attached hydrogens (tertiary/aromatic N) is 1. The van der Waals surface area contributed by atoms with Gasteiger partial charge in [0.1, 0.15) is 16.5 Å². The average Bonchev–Trinajstić information content (AvgIpc) is 2.89. The number of hydrogen-bond donors (Lipinski definition) is 3. The molecule has 0 atom stereocenters. The minimum atomic E-state index is -3.77. The fourth-order valence-corrected chi connectivity index (χ4v) is 3.42. The molecule has 0 fully saturated rings. The third-order valence-electron chi connectivity index (χ3n) is 3.03. The zero-order valence-electron chi connectivity index (χ0n) is 10.6. The van der Waals surface area contributed by atoms with E-state index in [1.54, 1.807) is 6.07 Å². The number of ether oxygens (including phenoxy) is 1. The van der Waals surface area contributed by atoms with Crippen molar-refractivity contribution in [2.45, 2.75) is 17.7 Å². The molecular formula is C12H14N4O3S. The number of anilines is 2. The molecule has 0 bridgehead atoms. The number of nitrogens with one attached hydrogen (secondary N) is 2. The van der Waals surface area contributed by atoms with Gasteiger partial charge in [-0.1, -0.05) is 0 Å². The quantitative estimate of drug-likeness (QED) is 0.735. The van der Waals surface area contributed by atoms with Crippen molar-refractivity contribution in [1.29, 1.82) is 0 Å². The largest absolute Gasteiger partial charge is 0.492 e. The number of benzene rings is 1. The summed E-state index contributed by atoms with van der Waals surface area (Å²) >= 11 is 0. The highest BCUT2D eigenvalue weighted by Gasteiger charge is 2.25. The van der Waals surface area contributed by atoms with Crippen LogP contribution in [0.1, 0.15) is 12.0 Å². The van der Waals surface area contributed by atoms with Crippen molar-refractivity contribution in [3.63, 3.8) is 0 Å². The number of nitrogens with two attached hydrogens (primary N) is 1. The number of H-pyrrole nitrogens is 1. The van der Waals surface area contributed by atoms with Gasteiger partial charge in [0.15, 0.2) is 0 Å². The Morgan fingerprint density at radius 1 is 1.40 bits per heavy atom. The van der Waals surface area contributed by atoms with Gasteiger partial charge >= 0.3 is 0 Å². The molecule has 2 aromatic rings. The summed E-state index contributed by atoms with van der Waals surface area (Å²) in [4.78, 5) is 0.0572. The summed E-state index contributed by atoms with van der Waals surface area (Å²) in [5, 5.41) is 6.24. The van der Waals surface area contributed by atoms with Crippen molar-refractivity contribution in [2.24, 2.45) is 0 Å². The second-order valence-electron chi connectivity index (χ2n) is 4.54. The lowest BCUT2D eigenvalue weighted by Gasteiger charge is -2.21. The second kappa shape index (κ2) is 4.71. The first-order valence-corrected chi connectivity index (χ1v) is 7.62. The molecule has 20 heavy (non-hydrogen) atoms. The van der Waals surface area contributed by atoms with E-state index in [-0.39, 0.29) is 10.7 Å². The molecule has 106 valence electrons. The highest BCUT2D eigenvalue weighted by Crippen LogP contribution is 2.35. The zero-order chi connectivity index (χ0) is 14.2. The normalized spacial score (nSPS) is 14.4.